The van der Waals surface area contributed by atoms with E-state index in [-0.39, 0.29) is 5.41 Å². The third-order valence-corrected chi connectivity index (χ3v) is 3.19. The molecule has 0 fully saturated rings. The fourth-order valence-electron chi connectivity index (χ4n) is 1.85. The van der Waals surface area contributed by atoms with Gasteiger partial charge in [-0.3, -0.25) is 0 Å². The first-order chi connectivity index (χ1) is 9.00. The molecule has 0 atom stereocenters. The second-order valence-corrected chi connectivity index (χ2v) is 5.71. The second kappa shape index (κ2) is 5.57. The van der Waals surface area contributed by atoms with Crippen molar-refractivity contribution in [1.29, 1.82) is 0 Å². The van der Waals surface area contributed by atoms with Gasteiger partial charge < -0.3 is 10.1 Å². The Morgan fingerprint density at radius 1 is 1.37 bits per heavy atom. The summed E-state index contributed by atoms with van der Waals surface area (Å²) in [6.07, 6.45) is 2.98. The van der Waals surface area contributed by atoms with Crippen molar-refractivity contribution >= 4 is 11.6 Å². The van der Waals surface area contributed by atoms with E-state index in [1.165, 1.54) is 5.56 Å². The van der Waals surface area contributed by atoms with E-state index in [0.717, 1.165) is 25.2 Å². The third kappa shape index (κ3) is 3.67. The quantitative estimate of drug-likeness (QED) is 0.869. The van der Waals surface area contributed by atoms with Gasteiger partial charge in [-0.1, -0.05) is 19.9 Å². The van der Waals surface area contributed by atoms with Gasteiger partial charge in [0.15, 0.2) is 5.65 Å². The van der Waals surface area contributed by atoms with Crippen LogP contribution in [0.5, 0.6) is 0 Å². The van der Waals surface area contributed by atoms with Crippen LogP contribution in [0.2, 0.25) is 0 Å². The van der Waals surface area contributed by atoms with Gasteiger partial charge in [-0.15, -0.1) is 5.10 Å². The molecule has 0 saturated heterocycles. The maximum Gasteiger partial charge on any atom is 0.243 e. The number of aromatic nitrogens is 3. The Hall–Kier alpha value is -1.62. The summed E-state index contributed by atoms with van der Waals surface area (Å²) in [6.45, 7) is 8.05. The predicted molar refractivity (Wildman–Crippen MR) is 76.5 cm³/mol. The zero-order valence-corrected chi connectivity index (χ0v) is 12.1. The zero-order chi connectivity index (χ0) is 13.9. The molecule has 0 aromatic carbocycles. The molecule has 0 aliphatic carbocycles. The van der Waals surface area contributed by atoms with E-state index in [1.54, 1.807) is 11.6 Å². The highest BCUT2D eigenvalue weighted by Crippen LogP contribution is 2.20. The van der Waals surface area contributed by atoms with E-state index in [1.807, 2.05) is 25.3 Å². The number of aryl methyl sites for hydroxylation is 1. The fraction of sp³-hybridized carbons (Fsp3) is 0.571. The molecule has 0 radical (unpaired) electrons. The molecule has 104 valence electrons. The van der Waals surface area contributed by atoms with Gasteiger partial charge in [-0.25, -0.2) is 4.52 Å². The van der Waals surface area contributed by atoms with Crippen LogP contribution in [0.1, 0.15) is 25.8 Å². The molecule has 0 unspecified atom stereocenters. The first kappa shape index (κ1) is 13.8. The average Bonchev–Trinajstić information content (AvgIpc) is 2.76. The molecule has 0 bridgehead atoms. The standard InChI is InChI=1S/C14H22N4O/c1-11-5-6-12-16-13(17-18(12)9-11)15-10-14(2,3)7-8-19-4/h5-6,9H,7-8,10H2,1-4H3,(H,15,17). The van der Waals surface area contributed by atoms with Crippen molar-refractivity contribution in [2.75, 3.05) is 25.6 Å². The maximum atomic E-state index is 5.13. The molecule has 2 aromatic rings. The Morgan fingerprint density at radius 2 is 2.16 bits per heavy atom. The normalized spacial score (nSPS) is 12.0. The molecule has 5 nitrogen and oxygen atoms in total. The largest absolute Gasteiger partial charge is 0.385 e. The van der Waals surface area contributed by atoms with E-state index in [0.29, 0.717) is 5.95 Å². The van der Waals surface area contributed by atoms with Crippen LogP contribution in [0.25, 0.3) is 5.65 Å². The summed E-state index contributed by atoms with van der Waals surface area (Å²) in [5, 5.41) is 7.72. The lowest BCUT2D eigenvalue weighted by molar-refractivity contribution is 0.157. The molecule has 0 aliphatic heterocycles. The monoisotopic (exact) mass is 262 g/mol. The van der Waals surface area contributed by atoms with Crippen LogP contribution in [0, 0.1) is 12.3 Å². The minimum atomic E-state index is 0.156. The van der Waals surface area contributed by atoms with Crippen molar-refractivity contribution in [3.8, 4) is 0 Å². The number of fused-ring (bicyclic) bond motifs is 1. The highest BCUT2D eigenvalue weighted by molar-refractivity contribution is 5.44. The van der Waals surface area contributed by atoms with Crippen LogP contribution < -0.4 is 5.32 Å². The number of methoxy groups -OCH3 is 1. The maximum absolute atomic E-state index is 5.13. The predicted octanol–water partition coefficient (Wildman–Crippen LogP) is 2.51. The van der Waals surface area contributed by atoms with Crippen LogP contribution in [0.15, 0.2) is 18.3 Å². The van der Waals surface area contributed by atoms with Crippen molar-refractivity contribution in [1.82, 2.24) is 14.6 Å². The van der Waals surface area contributed by atoms with Gasteiger partial charge in [0.25, 0.3) is 0 Å². The molecule has 2 rings (SSSR count). The van der Waals surface area contributed by atoms with E-state index in [2.05, 4.69) is 29.2 Å². The van der Waals surface area contributed by atoms with Crippen LogP contribution in [0.3, 0.4) is 0 Å². The van der Waals surface area contributed by atoms with E-state index >= 15 is 0 Å². The van der Waals surface area contributed by atoms with Crippen LogP contribution >= 0.6 is 0 Å². The number of anilines is 1. The van der Waals surface area contributed by atoms with E-state index < -0.39 is 0 Å². The fourth-order valence-corrected chi connectivity index (χ4v) is 1.85. The van der Waals surface area contributed by atoms with Gasteiger partial charge in [0.05, 0.1) is 0 Å². The Balaban J connectivity index is 2.01. The number of ether oxygens (including phenoxy) is 1. The number of rotatable bonds is 6. The van der Waals surface area contributed by atoms with Gasteiger partial charge in [0.2, 0.25) is 5.95 Å². The Bertz CT molecular complexity index is 547. The Morgan fingerprint density at radius 3 is 2.89 bits per heavy atom. The zero-order valence-electron chi connectivity index (χ0n) is 12.1. The molecule has 1 N–H and O–H groups in total. The highest BCUT2D eigenvalue weighted by atomic mass is 16.5. The van der Waals surface area contributed by atoms with Gasteiger partial charge in [-0.2, -0.15) is 4.98 Å². The van der Waals surface area contributed by atoms with Gasteiger partial charge in [-0.05, 0) is 30.4 Å². The number of pyridine rings is 1. The Labute approximate surface area is 114 Å². The first-order valence-electron chi connectivity index (χ1n) is 6.56. The topological polar surface area (TPSA) is 51.5 Å². The number of hydrogen-bond acceptors (Lipinski definition) is 4. The molecular weight excluding hydrogens is 240 g/mol. The average molecular weight is 262 g/mol. The molecule has 0 aliphatic rings. The molecule has 2 aromatic heterocycles. The summed E-state index contributed by atoms with van der Waals surface area (Å²) < 4.78 is 6.93. The summed E-state index contributed by atoms with van der Waals surface area (Å²) >= 11 is 0. The lowest BCUT2D eigenvalue weighted by Crippen LogP contribution is -2.25. The van der Waals surface area contributed by atoms with Crippen molar-refractivity contribution < 1.29 is 4.74 Å². The number of hydrogen-bond donors (Lipinski definition) is 1. The number of nitrogens with one attached hydrogen (secondary N) is 1. The molecule has 0 saturated carbocycles. The van der Waals surface area contributed by atoms with Crippen LogP contribution in [0.4, 0.5) is 5.95 Å². The van der Waals surface area contributed by atoms with Gasteiger partial charge in [0, 0.05) is 26.5 Å². The molecular formula is C14H22N4O. The number of nitrogens with zero attached hydrogens (tertiary/aromatic N) is 3. The lowest BCUT2D eigenvalue weighted by atomic mass is 9.90. The minimum Gasteiger partial charge on any atom is -0.385 e. The second-order valence-electron chi connectivity index (χ2n) is 5.71. The van der Waals surface area contributed by atoms with Crippen molar-refractivity contribution in [2.45, 2.75) is 27.2 Å². The summed E-state index contributed by atoms with van der Waals surface area (Å²) in [5.74, 6) is 0.677. The Kier molecular flexibility index (Phi) is 4.04. The van der Waals surface area contributed by atoms with Gasteiger partial charge >= 0.3 is 0 Å². The summed E-state index contributed by atoms with van der Waals surface area (Å²) in [7, 11) is 1.73. The van der Waals surface area contributed by atoms with Crippen molar-refractivity contribution in [3.05, 3.63) is 23.9 Å². The van der Waals surface area contributed by atoms with Crippen molar-refractivity contribution in [2.24, 2.45) is 5.41 Å². The third-order valence-electron chi connectivity index (χ3n) is 3.19. The smallest absolute Gasteiger partial charge is 0.243 e. The first-order valence-corrected chi connectivity index (χ1v) is 6.56. The summed E-state index contributed by atoms with van der Waals surface area (Å²) in [5.41, 5.74) is 2.19. The van der Waals surface area contributed by atoms with Crippen LogP contribution in [-0.2, 0) is 4.74 Å². The van der Waals surface area contributed by atoms with Crippen molar-refractivity contribution in [3.63, 3.8) is 0 Å². The van der Waals surface area contributed by atoms with Crippen LogP contribution in [-0.4, -0.2) is 34.9 Å². The van der Waals surface area contributed by atoms with E-state index in [9.17, 15) is 0 Å². The minimum absolute atomic E-state index is 0.156. The molecule has 0 amide bonds. The van der Waals surface area contributed by atoms with E-state index in [4.69, 9.17) is 4.74 Å². The lowest BCUT2D eigenvalue weighted by Gasteiger charge is -2.23. The summed E-state index contributed by atoms with van der Waals surface area (Å²) in [4.78, 5) is 4.45. The molecule has 2 heterocycles. The molecule has 0 spiro atoms. The SMILES string of the molecule is COCCC(C)(C)CNc1nc2ccc(C)cn2n1. The molecule has 19 heavy (non-hydrogen) atoms. The van der Waals surface area contributed by atoms with Gasteiger partial charge in [0.1, 0.15) is 0 Å². The summed E-state index contributed by atoms with van der Waals surface area (Å²) in [6, 6.07) is 4.01. The highest BCUT2D eigenvalue weighted by Gasteiger charge is 2.18. The molecule has 5 heteroatoms.